The van der Waals surface area contributed by atoms with Gasteiger partial charge >= 0.3 is 0 Å². The van der Waals surface area contributed by atoms with E-state index >= 15 is 0 Å². The number of ether oxygens (including phenoxy) is 1. The van der Waals surface area contributed by atoms with Crippen LogP contribution in [-0.4, -0.2) is 16.4 Å². The van der Waals surface area contributed by atoms with E-state index in [1.807, 2.05) is 6.92 Å². The molecule has 1 aromatic carbocycles. The van der Waals surface area contributed by atoms with Gasteiger partial charge in [0.25, 0.3) is 5.56 Å². The summed E-state index contributed by atoms with van der Waals surface area (Å²) in [5.41, 5.74) is 5.99. The first-order valence-corrected chi connectivity index (χ1v) is 9.27. The molecule has 2 aromatic rings. The smallest absolute Gasteiger partial charge is 0.278 e. The first kappa shape index (κ1) is 19.2. The molecule has 0 radical (unpaired) electrons. The van der Waals surface area contributed by atoms with E-state index in [0.717, 1.165) is 36.9 Å². The highest BCUT2D eigenvalue weighted by Crippen LogP contribution is 2.35. The summed E-state index contributed by atoms with van der Waals surface area (Å²) in [5, 5.41) is 4.35. The number of rotatable bonds is 7. The molecular weight excluding hydrogens is 312 g/mol. The summed E-state index contributed by atoms with van der Waals surface area (Å²) in [5.74, 6) is 0.643. The number of aryl methyl sites for hydroxylation is 5. The van der Waals surface area contributed by atoms with Gasteiger partial charge in [-0.05, 0) is 49.8 Å². The molecule has 4 nitrogen and oxygen atoms in total. The first-order chi connectivity index (χ1) is 11.9. The largest absolute Gasteiger partial charge is 0.491 e. The number of unbranched alkanes of at least 4 members (excludes halogenated alkanes) is 1. The Balaban J connectivity index is 2.80. The summed E-state index contributed by atoms with van der Waals surface area (Å²) in [7, 11) is 1.71. The molecule has 136 valence electrons. The molecule has 1 aromatic heterocycles. The number of aromatic nitrogens is 2. The monoisotopic (exact) mass is 342 g/mol. The molecule has 4 heteroatoms. The van der Waals surface area contributed by atoms with E-state index in [2.05, 4.69) is 44.9 Å². The molecule has 0 amide bonds. The standard InChI is InChI=1S/C21H30N2O2/c1-7-10-11-25-20-15(5)22-23(6)21(24)19(20)18-16(8-2)12-14(4)13-17(18)9-3/h12-13H,7-11H2,1-6H3. The first-order valence-electron chi connectivity index (χ1n) is 9.27. The molecule has 2 rings (SSSR count). The molecule has 0 aliphatic heterocycles. The second kappa shape index (κ2) is 8.32. The van der Waals surface area contributed by atoms with Crippen LogP contribution < -0.4 is 10.3 Å². The lowest BCUT2D eigenvalue weighted by Crippen LogP contribution is -2.24. The van der Waals surface area contributed by atoms with E-state index in [1.54, 1.807) is 7.05 Å². The molecule has 0 atom stereocenters. The van der Waals surface area contributed by atoms with Crippen molar-refractivity contribution < 1.29 is 4.74 Å². The molecule has 1 heterocycles. The van der Waals surface area contributed by atoms with Gasteiger partial charge in [-0.3, -0.25) is 4.79 Å². The topological polar surface area (TPSA) is 44.1 Å². The average molecular weight is 342 g/mol. The zero-order chi connectivity index (χ0) is 18.6. The molecule has 0 bridgehead atoms. The number of hydrogen-bond donors (Lipinski definition) is 0. The third kappa shape index (κ3) is 3.94. The van der Waals surface area contributed by atoms with Gasteiger partial charge in [0.2, 0.25) is 0 Å². The second-order valence-corrected chi connectivity index (χ2v) is 6.59. The quantitative estimate of drug-likeness (QED) is 0.702. The van der Waals surface area contributed by atoms with Crippen molar-refractivity contribution in [3.05, 3.63) is 44.9 Å². The molecule has 0 N–H and O–H groups in total. The minimum Gasteiger partial charge on any atom is -0.491 e. The second-order valence-electron chi connectivity index (χ2n) is 6.59. The summed E-state index contributed by atoms with van der Waals surface area (Å²) in [4.78, 5) is 13.0. The SMILES string of the molecule is CCCCOc1c(C)nn(C)c(=O)c1-c1c(CC)cc(C)cc1CC. The Morgan fingerprint density at radius 3 is 2.16 bits per heavy atom. The third-order valence-corrected chi connectivity index (χ3v) is 4.57. The molecule has 25 heavy (non-hydrogen) atoms. The van der Waals surface area contributed by atoms with E-state index in [0.29, 0.717) is 17.9 Å². The van der Waals surface area contributed by atoms with Crippen molar-refractivity contribution in [1.82, 2.24) is 9.78 Å². The van der Waals surface area contributed by atoms with Gasteiger partial charge in [0.05, 0.1) is 12.2 Å². The van der Waals surface area contributed by atoms with Gasteiger partial charge in [0.15, 0.2) is 5.75 Å². The van der Waals surface area contributed by atoms with Gasteiger partial charge in [-0.15, -0.1) is 0 Å². The molecular formula is C21H30N2O2. The summed E-state index contributed by atoms with van der Waals surface area (Å²) in [6, 6.07) is 4.36. The summed E-state index contributed by atoms with van der Waals surface area (Å²) in [6.45, 7) is 11.0. The van der Waals surface area contributed by atoms with Crippen molar-refractivity contribution >= 4 is 0 Å². The third-order valence-electron chi connectivity index (χ3n) is 4.57. The Bertz CT molecular complexity index is 781. The highest BCUT2D eigenvalue weighted by molar-refractivity contribution is 5.77. The van der Waals surface area contributed by atoms with Crippen LogP contribution in [0.3, 0.4) is 0 Å². The molecule has 0 aliphatic rings. The van der Waals surface area contributed by atoms with Crippen LogP contribution in [0.2, 0.25) is 0 Å². The molecule has 0 saturated carbocycles. The van der Waals surface area contributed by atoms with E-state index in [-0.39, 0.29) is 5.56 Å². The van der Waals surface area contributed by atoms with Crippen LogP contribution in [0.15, 0.2) is 16.9 Å². The Hall–Kier alpha value is -2.10. The van der Waals surface area contributed by atoms with Crippen LogP contribution in [0.5, 0.6) is 5.75 Å². The van der Waals surface area contributed by atoms with Crippen LogP contribution >= 0.6 is 0 Å². The maximum absolute atomic E-state index is 13.0. The summed E-state index contributed by atoms with van der Waals surface area (Å²) in [6.07, 6.45) is 3.77. The van der Waals surface area contributed by atoms with Gasteiger partial charge in [0, 0.05) is 7.05 Å². The number of nitrogens with zero attached hydrogens (tertiary/aromatic N) is 2. The maximum atomic E-state index is 13.0. The average Bonchev–Trinajstić information content (AvgIpc) is 2.59. The zero-order valence-electron chi connectivity index (χ0n) is 16.4. The Morgan fingerprint density at radius 1 is 1.04 bits per heavy atom. The summed E-state index contributed by atoms with van der Waals surface area (Å²) >= 11 is 0. The molecule has 0 saturated heterocycles. The van der Waals surface area contributed by atoms with Gasteiger partial charge in [-0.1, -0.05) is 44.9 Å². The number of benzene rings is 1. The predicted molar refractivity (Wildman–Crippen MR) is 104 cm³/mol. The van der Waals surface area contributed by atoms with Crippen molar-refractivity contribution in [2.24, 2.45) is 7.05 Å². The normalized spacial score (nSPS) is 11.0. The molecule has 0 fully saturated rings. The van der Waals surface area contributed by atoms with Crippen molar-refractivity contribution in [3.63, 3.8) is 0 Å². The van der Waals surface area contributed by atoms with Crippen LogP contribution in [0, 0.1) is 13.8 Å². The Morgan fingerprint density at radius 2 is 1.64 bits per heavy atom. The lowest BCUT2D eigenvalue weighted by Gasteiger charge is -2.19. The van der Waals surface area contributed by atoms with Gasteiger partial charge in [-0.25, -0.2) is 4.68 Å². The fourth-order valence-corrected chi connectivity index (χ4v) is 3.29. The van der Waals surface area contributed by atoms with Gasteiger partial charge < -0.3 is 4.74 Å². The highest BCUT2D eigenvalue weighted by atomic mass is 16.5. The van der Waals surface area contributed by atoms with Gasteiger partial charge in [0.1, 0.15) is 5.69 Å². The minimum absolute atomic E-state index is 0.0923. The van der Waals surface area contributed by atoms with Gasteiger partial charge in [-0.2, -0.15) is 5.10 Å². The zero-order valence-corrected chi connectivity index (χ0v) is 16.4. The van der Waals surface area contributed by atoms with Crippen molar-refractivity contribution in [1.29, 1.82) is 0 Å². The molecule has 0 aliphatic carbocycles. The van der Waals surface area contributed by atoms with Crippen LogP contribution in [0.1, 0.15) is 56.0 Å². The molecule has 0 unspecified atom stereocenters. The van der Waals surface area contributed by atoms with E-state index in [1.165, 1.54) is 21.4 Å². The van der Waals surface area contributed by atoms with E-state index in [9.17, 15) is 4.79 Å². The predicted octanol–water partition coefficient (Wildman–Crippen LogP) is 4.37. The lowest BCUT2D eigenvalue weighted by atomic mass is 9.90. The fraction of sp³-hybridized carbons (Fsp3) is 0.524. The maximum Gasteiger partial charge on any atom is 0.278 e. The van der Waals surface area contributed by atoms with E-state index in [4.69, 9.17) is 4.74 Å². The Kier molecular flexibility index (Phi) is 6.40. The Labute approximate surface area is 150 Å². The fourth-order valence-electron chi connectivity index (χ4n) is 3.29. The number of hydrogen-bond acceptors (Lipinski definition) is 3. The lowest BCUT2D eigenvalue weighted by molar-refractivity contribution is 0.304. The molecule has 0 spiro atoms. The van der Waals surface area contributed by atoms with Crippen LogP contribution in [0.4, 0.5) is 0 Å². The van der Waals surface area contributed by atoms with E-state index < -0.39 is 0 Å². The van der Waals surface area contributed by atoms with Crippen LogP contribution in [-0.2, 0) is 19.9 Å². The van der Waals surface area contributed by atoms with Crippen molar-refractivity contribution in [2.75, 3.05) is 6.61 Å². The summed E-state index contributed by atoms with van der Waals surface area (Å²) < 4.78 is 7.48. The van der Waals surface area contributed by atoms with Crippen molar-refractivity contribution in [2.45, 2.75) is 60.3 Å². The van der Waals surface area contributed by atoms with Crippen LogP contribution in [0.25, 0.3) is 11.1 Å². The van der Waals surface area contributed by atoms with Crippen molar-refractivity contribution in [3.8, 4) is 16.9 Å². The highest BCUT2D eigenvalue weighted by Gasteiger charge is 2.22. The minimum atomic E-state index is -0.0923.